The molecule has 1 aromatic heterocycles. The lowest BCUT2D eigenvalue weighted by Crippen LogP contribution is -2.51. The number of aryl methyl sites for hydroxylation is 2. The average Bonchev–Trinajstić information content (AvgIpc) is 2.52. The van der Waals surface area contributed by atoms with Gasteiger partial charge in [-0.1, -0.05) is 13.8 Å². The maximum absolute atomic E-state index is 9.31. The molecule has 5 nitrogen and oxygen atoms in total. The van der Waals surface area contributed by atoms with Crippen molar-refractivity contribution in [2.45, 2.75) is 45.6 Å². The molecule has 2 atom stereocenters. The summed E-state index contributed by atoms with van der Waals surface area (Å²) in [6.07, 6.45) is 3.67. The van der Waals surface area contributed by atoms with Crippen molar-refractivity contribution in [1.29, 1.82) is 5.26 Å². The van der Waals surface area contributed by atoms with E-state index in [2.05, 4.69) is 34.8 Å². The van der Waals surface area contributed by atoms with Gasteiger partial charge in [0.15, 0.2) is 11.6 Å². The second-order valence-electron chi connectivity index (χ2n) is 5.40. The molecule has 0 aromatic carbocycles. The highest BCUT2D eigenvalue weighted by atomic mass is 16.5. The Morgan fingerprint density at radius 3 is 2.90 bits per heavy atom. The third-order valence-electron chi connectivity index (χ3n) is 4.23. The highest BCUT2D eigenvalue weighted by Crippen LogP contribution is 2.39. The van der Waals surface area contributed by atoms with Gasteiger partial charge in [0.25, 0.3) is 0 Å². The Bertz CT molecular complexity index is 552. The first kappa shape index (κ1) is 13.2. The van der Waals surface area contributed by atoms with E-state index in [-0.39, 0.29) is 12.0 Å². The van der Waals surface area contributed by atoms with E-state index in [0.29, 0.717) is 6.61 Å². The number of nitrogens with zero attached hydrogens (tertiary/aromatic N) is 4. The molecule has 1 saturated heterocycles. The minimum atomic E-state index is 0.0435. The molecule has 2 aliphatic rings. The average molecular weight is 272 g/mol. The van der Waals surface area contributed by atoms with E-state index in [1.807, 2.05) is 0 Å². The van der Waals surface area contributed by atoms with Crippen molar-refractivity contribution < 1.29 is 4.74 Å². The minimum absolute atomic E-state index is 0.0435. The molecular weight excluding hydrogens is 252 g/mol. The van der Waals surface area contributed by atoms with E-state index in [1.54, 1.807) is 0 Å². The zero-order chi connectivity index (χ0) is 14.1. The summed E-state index contributed by atoms with van der Waals surface area (Å²) in [5.41, 5.74) is 0.990. The van der Waals surface area contributed by atoms with Crippen LogP contribution in [-0.4, -0.2) is 29.2 Å². The first-order chi connectivity index (χ1) is 9.78. The number of nitriles is 1. The Balaban J connectivity index is 2.05. The highest BCUT2D eigenvalue weighted by Gasteiger charge is 2.38. The van der Waals surface area contributed by atoms with Crippen molar-refractivity contribution in [2.75, 3.05) is 18.1 Å². The minimum Gasteiger partial charge on any atom is -0.486 e. The summed E-state index contributed by atoms with van der Waals surface area (Å²) in [6, 6.07) is 2.57. The largest absolute Gasteiger partial charge is 0.486 e. The number of ether oxygens (including phenoxy) is 1. The molecule has 2 unspecified atom stereocenters. The molecule has 3 heterocycles. The first-order valence-corrected chi connectivity index (χ1v) is 7.47. The van der Waals surface area contributed by atoms with Crippen LogP contribution in [-0.2, 0) is 12.8 Å². The zero-order valence-corrected chi connectivity index (χ0v) is 12.1. The van der Waals surface area contributed by atoms with Crippen LogP contribution in [0.25, 0.3) is 0 Å². The summed E-state index contributed by atoms with van der Waals surface area (Å²) in [7, 11) is 0. The van der Waals surface area contributed by atoms with Crippen LogP contribution in [0.3, 0.4) is 0 Å². The molecule has 3 rings (SSSR count). The van der Waals surface area contributed by atoms with Gasteiger partial charge in [0.1, 0.15) is 12.4 Å². The second kappa shape index (κ2) is 5.28. The summed E-state index contributed by atoms with van der Waals surface area (Å²) in [4.78, 5) is 11.5. The number of hydrogen-bond donors (Lipinski definition) is 0. The Kier molecular flexibility index (Phi) is 3.47. The number of hydrogen-bond acceptors (Lipinski definition) is 5. The van der Waals surface area contributed by atoms with Crippen molar-refractivity contribution >= 4 is 5.82 Å². The third kappa shape index (κ3) is 2.00. The van der Waals surface area contributed by atoms with Gasteiger partial charge in [-0.15, -0.1) is 0 Å². The first-order valence-electron chi connectivity index (χ1n) is 7.47. The number of rotatable bonds is 2. The SMILES string of the molecule is CCc1nc(CC)c2c(n1)N1CCCC(C#N)C1CO2. The monoisotopic (exact) mass is 272 g/mol. The van der Waals surface area contributed by atoms with Crippen molar-refractivity contribution in [3.8, 4) is 11.8 Å². The lowest BCUT2D eigenvalue weighted by molar-refractivity contribution is 0.210. The van der Waals surface area contributed by atoms with Crippen LogP contribution in [0.15, 0.2) is 0 Å². The Morgan fingerprint density at radius 1 is 1.35 bits per heavy atom. The number of aromatic nitrogens is 2. The predicted molar refractivity (Wildman–Crippen MR) is 75.8 cm³/mol. The zero-order valence-electron chi connectivity index (χ0n) is 12.1. The lowest BCUT2D eigenvalue weighted by Gasteiger charge is -2.43. The summed E-state index contributed by atoms with van der Waals surface area (Å²) in [5.74, 6) is 2.65. The van der Waals surface area contributed by atoms with E-state index < -0.39 is 0 Å². The normalized spacial score (nSPS) is 24.4. The van der Waals surface area contributed by atoms with Gasteiger partial charge < -0.3 is 9.64 Å². The Hall–Kier alpha value is -1.83. The smallest absolute Gasteiger partial charge is 0.183 e. The van der Waals surface area contributed by atoms with E-state index in [9.17, 15) is 5.26 Å². The predicted octanol–water partition coefficient (Wildman–Crippen LogP) is 2.10. The highest BCUT2D eigenvalue weighted by molar-refractivity contribution is 5.58. The van der Waals surface area contributed by atoms with Crippen LogP contribution in [0.4, 0.5) is 5.82 Å². The molecule has 106 valence electrons. The van der Waals surface area contributed by atoms with Gasteiger partial charge in [0.2, 0.25) is 0 Å². The van der Waals surface area contributed by atoms with Crippen LogP contribution in [0.1, 0.15) is 38.2 Å². The molecule has 2 aliphatic heterocycles. The number of anilines is 1. The maximum atomic E-state index is 9.31. The fraction of sp³-hybridized carbons (Fsp3) is 0.667. The summed E-state index contributed by atoms with van der Waals surface area (Å²) in [6.45, 7) is 5.69. The molecule has 1 fully saturated rings. The number of fused-ring (bicyclic) bond motifs is 3. The van der Waals surface area contributed by atoms with E-state index in [4.69, 9.17) is 4.74 Å². The van der Waals surface area contributed by atoms with Crippen LogP contribution >= 0.6 is 0 Å². The van der Waals surface area contributed by atoms with E-state index >= 15 is 0 Å². The molecule has 0 spiro atoms. The van der Waals surface area contributed by atoms with E-state index in [1.165, 1.54) is 0 Å². The maximum Gasteiger partial charge on any atom is 0.183 e. The van der Waals surface area contributed by atoms with Gasteiger partial charge in [-0.2, -0.15) is 5.26 Å². The van der Waals surface area contributed by atoms with Crippen LogP contribution in [0.5, 0.6) is 5.75 Å². The van der Waals surface area contributed by atoms with Crippen molar-refractivity contribution in [3.05, 3.63) is 11.5 Å². The van der Waals surface area contributed by atoms with Crippen LogP contribution in [0.2, 0.25) is 0 Å². The van der Waals surface area contributed by atoms with Crippen molar-refractivity contribution in [2.24, 2.45) is 5.92 Å². The molecule has 0 saturated carbocycles. The van der Waals surface area contributed by atoms with Crippen LogP contribution in [0, 0.1) is 17.2 Å². The quantitative estimate of drug-likeness (QED) is 0.825. The van der Waals surface area contributed by atoms with Crippen molar-refractivity contribution in [3.63, 3.8) is 0 Å². The lowest BCUT2D eigenvalue weighted by atomic mass is 9.90. The fourth-order valence-corrected chi connectivity index (χ4v) is 3.12. The van der Waals surface area contributed by atoms with E-state index in [0.717, 1.165) is 55.3 Å². The molecule has 0 amide bonds. The van der Waals surface area contributed by atoms with Gasteiger partial charge in [0.05, 0.1) is 23.7 Å². The fourth-order valence-electron chi connectivity index (χ4n) is 3.12. The van der Waals surface area contributed by atoms with Crippen LogP contribution < -0.4 is 9.64 Å². The topological polar surface area (TPSA) is 62.0 Å². The standard InChI is InChI=1S/C15H20N4O/c1-3-11-14-15(18-13(4-2)17-11)19-7-5-6-10(8-16)12(19)9-20-14/h10,12H,3-7,9H2,1-2H3. The Labute approximate surface area is 119 Å². The number of piperidine rings is 1. The van der Waals surface area contributed by atoms with Crippen molar-refractivity contribution in [1.82, 2.24) is 9.97 Å². The molecule has 20 heavy (non-hydrogen) atoms. The molecular formula is C15H20N4O. The molecule has 0 radical (unpaired) electrons. The molecule has 0 bridgehead atoms. The molecule has 5 heteroatoms. The van der Waals surface area contributed by atoms with Gasteiger partial charge >= 0.3 is 0 Å². The summed E-state index contributed by atoms with van der Waals surface area (Å²) >= 11 is 0. The molecule has 1 aromatic rings. The van der Waals surface area contributed by atoms with Gasteiger partial charge in [-0.05, 0) is 19.3 Å². The summed E-state index contributed by atoms with van der Waals surface area (Å²) in [5, 5.41) is 9.31. The molecule has 0 aliphatic carbocycles. The summed E-state index contributed by atoms with van der Waals surface area (Å²) < 4.78 is 5.93. The van der Waals surface area contributed by atoms with Gasteiger partial charge in [0, 0.05) is 13.0 Å². The second-order valence-corrected chi connectivity index (χ2v) is 5.40. The third-order valence-corrected chi connectivity index (χ3v) is 4.23. The van der Waals surface area contributed by atoms with Gasteiger partial charge in [-0.3, -0.25) is 0 Å². The molecule has 0 N–H and O–H groups in total. The van der Waals surface area contributed by atoms with Gasteiger partial charge in [-0.25, -0.2) is 9.97 Å². The Morgan fingerprint density at radius 2 is 2.20 bits per heavy atom.